The third kappa shape index (κ3) is 4.06. The number of halogens is 1. The lowest BCUT2D eigenvalue weighted by Crippen LogP contribution is -2.23. The summed E-state index contributed by atoms with van der Waals surface area (Å²) in [6.07, 6.45) is 5.16. The van der Waals surface area contributed by atoms with E-state index in [-0.39, 0.29) is 11.5 Å². The molecule has 0 bridgehead atoms. The van der Waals surface area contributed by atoms with Gasteiger partial charge < -0.3 is 4.90 Å². The Hall–Kier alpha value is -2.47. The molecule has 1 atom stereocenters. The smallest absolute Gasteiger partial charge is 0.282 e. The highest BCUT2D eigenvalue weighted by atomic mass is 79.9. The molecule has 0 N–H and O–H groups in total. The maximum absolute atomic E-state index is 13.2. The van der Waals surface area contributed by atoms with Crippen molar-refractivity contribution >= 4 is 38.7 Å². The summed E-state index contributed by atoms with van der Waals surface area (Å²) in [7, 11) is 0. The van der Waals surface area contributed by atoms with Crippen LogP contribution in [0.4, 0.5) is 5.69 Å². The molecule has 6 heteroatoms. The van der Waals surface area contributed by atoms with Crippen LogP contribution in [0.3, 0.4) is 0 Å². The Kier molecular flexibility index (Phi) is 6.04. The van der Waals surface area contributed by atoms with Gasteiger partial charge >= 0.3 is 0 Å². The predicted molar refractivity (Wildman–Crippen MR) is 128 cm³/mol. The van der Waals surface area contributed by atoms with Gasteiger partial charge in [-0.1, -0.05) is 35.8 Å². The minimum absolute atomic E-state index is 0.127. The van der Waals surface area contributed by atoms with Crippen molar-refractivity contribution in [2.24, 2.45) is 5.10 Å². The molecule has 30 heavy (non-hydrogen) atoms. The summed E-state index contributed by atoms with van der Waals surface area (Å²) in [5.41, 5.74) is 4.07. The highest BCUT2D eigenvalue weighted by molar-refractivity contribution is 9.10. The van der Waals surface area contributed by atoms with E-state index in [0.717, 1.165) is 29.5 Å². The van der Waals surface area contributed by atoms with Crippen molar-refractivity contribution in [2.45, 2.75) is 46.0 Å². The van der Waals surface area contributed by atoms with Crippen molar-refractivity contribution in [1.82, 2.24) is 9.66 Å². The van der Waals surface area contributed by atoms with E-state index in [1.165, 1.54) is 28.8 Å². The summed E-state index contributed by atoms with van der Waals surface area (Å²) in [6.45, 7) is 8.56. The van der Waals surface area contributed by atoms with Crippen LogP contribution in [-0.2, 0) is 0 Å². The number of rotatable bonds is 5. The van der Waals surface area contributed by atoms with E-state index < -0.39 is 0 Å². The van der Waals surface area contributed by atoms with Gasteiger partial charge in [-0.3, -0.25) is 4.79 Å². The predicted octanol–water partition coefficient (Wildman–Crippen LogP) is 5.46. The number of benzene rings is 2. The highest BCUT2D eigenvalue weighted by Gasteiger charge is 2.16. The molecule has 5 nitrogen and oxygen atoms in total. The molecular formula is C24H27BrN4O. The van der Waals surface area contributed by atoms with Crippen LogP contribution in [0.2, 0.25) is 0 Å². The number of nitrogens with zero attached hydrogens (tertiary/aromatic N) is 4. The van der Waals surface area contributed by atoms with Gasteiger partial charge in [0.15, 0.2) is 0 Å². The lowest BCUT2D eigenvalue weighted by atomic mass is 10.1. The van der Waals surface area contributed by atoms with E-state index in [9.17, 15) is 4.79 Å². The van der Waals surface area contributed by atoms with Crippen LogP contribution in [-0.4, -0.2) is 29.0 Å². The SMILES string of the molecule is CC[C@H](C)c1nc2ccc(Br)cc2c(=O)n1N=Cc1ccc(N2CCCC2)c(C)c1. The molecule has 0 spiro atoms. The highest BCUT2D eigenvalue weighted by Crippen LogP contribution is 2.25. The fourth-order valence-corrected chi connectivity index (χ4v) is 4.34. The number of aryl methyl sites for hydroxylation is 1. The standard InChI is InChI=1S/C24H27BrN4O/c1-4-16(2)23-27-21-9-8-19(25)14-20(21)24(30)29(23)26-15-18-7-10-22(17(3)13-18)28-11-5-6-12-28/h7-10,13-16H,4-6,11-12H2,1-3H3/t16-/m0/s1. The quantitative estimate of drug-likeness (QED) is 0.468. The molecule has 2 heterocycles. The zero-order chi connectivity index (χ0) is 21.3. The number of hydrogen-bond acceptors (Lipinski definition) is 4. The van der Waals surface area contributed by atoms with Gasteiger partial charge in [0.2, 0.25) is 0 Å². The van der Waals surface area contributed by atoms with E-state index in [2.05, 4.69) is 64.9 Å². The van der Waals surface area contributed by atoms with E-state index in [1.54, 1.807) is 6.21 Å². The number of anilines is 1. The molecule has 0 amide bonds. The molecule has 0 radical (unpaired) electrons. The first-order chi connectivity index (χ1) is 14.5. The van der Waals surface area contributed by atoms with Gasteiger partial charge in [0.05, 0.1) is 17.1 Å². The molecule has 1 saturated heterocycles. The zero-order valence-corrected chi connectivity index (χ0v) is 19.3. The molecule has 1 aliphatic heterocycles. The van der Waals surface area contributed by atoms with Crippen LogP contribution in [0.25, 0.3) is 10.9 Å². The molecule has 3 aromatic rings. The van der Waals surface area contributed by atoms with Gasteiger partial charge in [0.25, 0.3) is 5.56 Å². The van der Waals surface area contributed by atoms with Crippen molar-refractivity contribution in [3.63, 3.8) is 0 Å². The van der Waals surface area contributed by atoms with Gasteiger partial charge in [0, 0.05) is 29.2 Å². The second kappa shape index (κ2) is 8.72. The van der Waals surface area contributed by atoms with Crippen LogP contribution in [0, 0.1) is 6.92 Å². The third-order valence-corrected chi connectivity index (χ3v) is 6.37. The van der Waals surface area contributed by atoms with Crippen LogP contribution < -0.4 is 10.5 Å². The van der Waals surface area contributed by atoms with Crippen molar-refractivity contribution in [1.29, 1.82) is 0 Å². The molecule has 2 aromatic carbocycles. The normalized spacial score (nSPS) is 15.4. The molecule has 156 valence electrons. The van der Waals surface area contributed by atoms with E-state index in [0.29, 0.717) is 16.7 Å². The Balaban J connectivity index is 1.75. The molecule has 0 unspecified atom stereocenters. The molecule has 0 aliphatic carbocycles. The maximum Gasteiger partial charge on any atom is 0.282 e. The summed E-state index contributed by atoms with van der Waals surface area (Å²) >= 11 is 3.45. The molecule has 1 aromatic heterocycles. The molecular weight excluding hydrogens is 440 g/mol. The number of aromatic nitrogens is 2. The third-order valence-electron chi connectivity index (χ3n) is 5.88. The van der Waals surface area contributed by atoms with Gasteiger partial charge in [0.1, 0.15) is 5.82 Å². The fourth-order valence-electron chi connectivity index (χ4n) is 3.98. The maximum atomic E-state index is 13.2. The fraction of sp³-hybridized carbons (Fsp3) is 0.375. The molecule has 1 fully saturated rings. The average molecular weight is 467 g/mol. The van der Waals surface area contributed by atoms with Crippen LogP contribution >= 0.6 is 15.9 Å². The first-order valence-electron chi connectivity index (χ1n) is 10.6. The van der Waals surface area contributed by atoms with Gasteiger partial charge in [-0.2, -0.15) is 9.78 Å². The van der Waals surface area contributed by atoms with E-state index in [1.807, 2.05) is 18.2 Å². The van der Waals surface area contributed by atoms with Crippen LogP contribution in [0.5, 0.6) is 0 Å². The Morgan fingerprint density at radius 2 is 1.97 bits per heavy atom. The van der Waals surface area contributed by atoms with Crippen molar-refractivity contribution in [2.75, 3.05) is 18.0 Å². The average Bonchev–Trinajstić information content (AvgIpc) is 3.27. The second-order valence-corrected chi connectivity index (χ2v) is 8.96. The van der Waals surface area contributed by atoms with E-state index >= 15 is 0 Å². The summed E-state index contributed by atoms with van der Waals surface area (Å²) in [5, 5.41) is 5.14. The Bertz CT molecular complexity index is 1160. The van der Waals surface area contributed by atoms with Gasteiger partial charge in [-0.25, -0.2) is 4.98 Å². The van der Waals surface area contributed by atoms with Crippen molar-refractivity contribution in [3.8, 4) is 0 Å². The number of fused-ring (bicyclic) bond motifs is 1. The Morgan fingerprint density at radius 1 is 1.20 bits per heavy atom. The first kappa shape index (κ1) is 20.8. The van der Waals surface area contributed by atoms with Gasteiger partial charge in [-0.05, 0) is 67.6 Å². The molecule has 0 saturated carbocycles. The summed E-state index contributed by atoms with van der Waals surface area (Å²) in [6, 6.07) is 12.0. The summed E-state index contributed by atoms with van der Waals surface area (Å²) in [5.74, 6) is 0.821. The Morgan fingerprint density at radius 3 is 2.67 bits per heavy atom. The summed E-state index contributed by atoms with van der Waals surface area (Å²) in [4.78, 5) is 20.4. The van der Waals surface area contributed by atoms with Crippen LogP contribution in [0.15, 0.2) is 50.8 Å². The van der Waals surface area contributed by atoms with Crippen molar-refractivity contribution < 1.29 is 0 Å². The minimum atomic E-state index is -0.141. The lowest BCUT2D eigenvalue weighted by Gasteiger charge is -2.20. The lowest BCUT2D eigenvalue weighted by molar-refractivity contribution is 0.613. The van der Waals surface area contributed by atoms with Crippen molar-refractivity contribution in [3.05, 3.63) is 68.2 Å². The summed E-state index contributed by atoms with van der Waals surface area (Å²) < 4.78 is 2.32. The van der Waals surface area contributed by atoms with Crippen LogP contribution in [0.1, 0.15) is 56.0 Å². The Labute approximate surface area is 185 Å². The molecule has 4 rings (SSSR count). The zero-order valence-electron chi connectivity index (χ0n) is 17.7. The van der Waals surface area contributed by atoms with Gasteiger partial charge in [-0.15, -0.1) is 0 Å². The largest absolute Gasteiger partial charge is 0.371 e. The first-order valence-corrected chi connectivity index (χ1v) is 11.4. The second-order valence-electron chi connectivity index (χ2n) is 8.04. The van der Waals surface area contributed by atoms with E-state index in [4.69, 9.17) is 4.98 Å². The topological polar surface area (TPSA) is 50.5 Å². The number of hydrogen-bond donors (Lipinski definition) is 0. The minimum Gasteiger partial charge on any atom is -0.371 e. The monoisotopic (exact) mass is 466 g/mol. The molecule has 1 aliphatic rings.